The van der Waals surface area contributed by atoms with E-state index in [9.17, 15) is 4.79 Å². The molecule has 132 valence electrons. The van der Waals surface area contributed by atoms with Crippen LogP contribution in [0.5, 0.6) is 0 Å². The highest BCUT2D eigenvalue weighted by Gasteiger charge is 2.34. The second-order valence-corrected chi connectivity index (χ2v) is 8.00. The van der Waals surface area contributed by atoms with Crippen molar-refractivity contribution in [2.45, 2.75) is 32.7 Å². The van der Waals surface area contributed by atoms with Crippen molar-refractivity contribution in [3.63, 3.8) is 0 Å². The molecule has 1 atom stereocenters. The SMILES string of the molecule is CC1(C)Cc2nc(-c3ccncc3)ncc2[C@@H](NC(=O)c2cscn2)C1. The van der Waals surface area contributed by atoms with Crippen LogP contribution < -0.4 is 5.32 Å². The molecule has 0 saturated heterocycles. The fraction of sp³-hybridized carbons (Fsp3) is 0.316. The first-order valence-electron chi connectivity index (χ1n) is 8.47. The zero-order valence-corrected chi connectivity index (χ0v) is 15.5. The number of rotatable bonds is 3. The molecule has 4 rings (SSSR count). The van der Waals surface area contributed by atoms with Gasteiger partial charge < -0.3 is 5.32 Å². The average Bonchev–Trinajstić information content (AvgIpc) is 3.16. The van der Waals surface area contributed by atoms with Crippen molar-refractivity contribution in [1.82, 2.24) is 25.3 Å². The quantitative estimate of drug-likeness (QED) is 0.769. The molecule has 1 aliphatic rings. The molecule has 0 unspecified atom stereocenters. The number of nitrogens with zero attached hydrogens (tertiary/aromatic N) is 4. The predicted molar refractivity (Wildman–Crippen MR) is 99.7 cm³/mol. The lowest BCUT2D eigenvalue weighted by atomic mass is 9.74. The highest BCUT2D eigenvalue weighted by atomic mass is 32.1. The summed E-state index contributed by atoms with van der Waals surface area (Å²) in [5.74, 6) is 0.534. The Labute approximate surface area is 155 Å². The van der Waals surface area contributed by atoms with Crippen LogP contribution in [0.1, 0.15) is 48.1 Å². The van der Waals surface area contributed by atoms with Crippen molar-refractivity contribution in [3.05, 3.63) is 58.6 Å². The lowest BCUT2D eigenvalue weighted by Gasteiger charge is -2.36. The number of nitrogens with one attached hydrogen (secondary N) is 1. The summed E-state index contributed by atoms with van der Waals surface area (Å²) < 4.78 is 0. The summed E-state index contributed by atoms with van der Waals surface area (Å²) in [5, 5.41) is 4.86. The van der Waals surface area contributed by atoms with Crippen molar-refractivity contribution in [1.29, 1.82) is 0 Å². The van der Waals surface area contributed by atoms with Gasteiger partial charge in [-0.05, 0) is 30.4 Å². The third-order valence-corrected chi connectivity index (χ3v) is 5.17. The van der Waals surface area contributed by atoms with Crippen molar-refractivity contribution in [3.8, 4) is 11.4 Å². The van der Waals surface area contributed by atoms with E-state index in [1.165, 1.54) is 11.3 Å². The summed E-state index contributed by atoms with van der Waals surface area (Å²) in [6.45, 7) is 4.40. The summed E-state index contributed by atoms with van der Waals surface area (Å²) in [6.07, 6.45) is 7.01. The number of carbonyl (C=O) groups is 1. The molecule has 3 aromatic rings. The maximum Gasteiger partial charge on any atom is 0.271 e. The van der Waals surface area contributed by atoms with E-state index in [4.69, 9.17) is 4.98 Å². The molecule has 0 radical (unpaired) electrons. The highest BCUT2D eigenvalue weighted by molar-refractivity contribution is 7.07. The van der Waals surface area contributed by atoms with Crippen LogP contribution in [0.15, 0.2) is 41.6 Å². The Morgan fingerprint density at radius 3 is 2.81 bits per heavy atom. The number of amides is 1. The fourth-order valence-corrected chi connectivity index (χ4v) is 3.90. The smallest absolute Gasteiger partial charge is 0.271 e. The Morgan fingerprint density at radius 1 is 1.27 bits per heavy atom. The van der Waals surface area contributed by atoms with Gasteiger partial charge in [0.2, 0.25) is 0 Å². The van der Waals surface area contributed by atoms with E-state index in [-0.39, 0.29) is 17.4 Å². The minimum Gasteiger partial charge on any atom is -0.344 e. The number of aromatic nitrogens is 4. The van der Waals surface area contributed by atoms with E-state index < -0.39 is 0 Å². The number of carbonyl (C=O) groups excluding carboxylic acids is 1. The molecular weight excluding hydrogens is 346 g/mol. The summed E-state index contributed by atoms with van der Waals surface area (Å²) in [6, 6.07) is 3.68. The zero-order valence-electron chi connectivity index (χ0n) is 14.6. The summed E-state index contributed by atoms with van der Waals surface area (Å²) >= 11 is 1.41. The number of fused-ring (bicyclic) bond motifs is 1. The van der Waals surface area contributed by atoms with Gasteiger partial charge in [-0.3, -0.25) is 9.78 Å². The van der Waals surface area contributed by atoms with E-state index in [1.54, 1.807) is 23.3 Å². The Bertz CT molecular complexity index is 924. The monoisotopic (exact) mass is 365 g/mol. The summed E-state index contributed by atoms with van der Waals surface area (Å²) in [7, 11) is 0. The molecule has 0 fully saturated rings. The Hall–Kier alpha value is -2.67. The van der Waals surface area contributed by atoms with Crippen LogP contribution in [0.3, 0.4) is 0 Å². The van der Waals surface area contributed by atoms with Gasteiger partial charge in [-0.15, -0.1) is 11.3 Å². The van der Waals surface area contributed by atoms with Gasteiger partial charge >= 0.3 is 0 Å². The molecule has 0 saturated carbocycles. The molecule has 0 bridgehead atoms. The minimum absolute atomic E-state index is 0.0386. The van der Waals surface area contributed by atoms with Gasteiger partial charge in [0.05, 0.1) is 17.2 Å². The summed E-state index contributed by atoms with van der Waals surface area (Å²) in [4.78, 5) is 29.9. The molecule has 3 heterocycles. The zero-order chi connectivity index (χ0) is 18.1. The Balaban J connectivity index is 1.67. The number of pyridine rings is 1. The average molecular weight is 365 g/mol. The van der Waals surface area contributed by atoms with E-state index in [2.05, 4.69) is 34.1 Å². The lowest BCUT2D eigenvalue weighted by molar-refractivity contribution is 0.0914. The molecule has 1 amide bonds. The largest absolute Gasteiger partial charge is 0.344 e. The molecule has 0 spiro atoms. The van der Waals surface area contributed by atoms with Crippen LogP contribution in [0, 0.1) is 5.41 Å². The molecule has 0 aromatic carbocycles. The fourth-order valence-electron chi connectivity index (χ4n) is 3.37. The van der Waals surface area contributed by atoms with Crippen LogP contribution in [0.4, 0.5) is 0 Å². The first-order chi connectivity index (χ1) is 12.5. The minimum atomic E-state index is -0.155. The van der Waals surface area contributed by atoms with E-state index in [0.717, 1.165) is 29.7 Å². The first kappa shape index (κ1) is 16.8. The molecule has 3 aromatic heterocycles. The lowest BCUT2D eigenvalue weighted by Crippen LogP contribution is -2.37. The third kappa shape index (κ3) is 3.35. The van der Waals surface area contributed by atoms with Gasteiger partial charge in [0.15, 0.2) is 5.82 Å². The third-order valence-electron chi connectivity index (χ3n) is 4.59. The van der Waals surface area contributed by atoms with Gasteiger partial charge in [0, 0.05) is 35.1 Å². The molecule has 6 nitrogen and oxygen atoms in total. The predicted octanol–water partition coefficient (Wildman–Crippen LogP) is 3.44. The van der Waals surface area contributed by atoms with Crippen LogP contribution >= 0.6 is 11.3 Å². The molecular formula is C19H19N5OS. The molecule has 1 aliphatic carbocycles. The van der Waals surface area contributed by atoms with Crippen LogP contribution in [-0.2, 0) is 6.42 Å². The number of hydrogen-bond acceptors (Lipinski definition) is 6. The van der Waals surface area contributed by atoms with Gasteiger partial charge in [-0.1, -0.05) is 13.8 Å². The van der Waals surface area contributed by atoms with Gasteiger partial charge in [-0.25, -0.2) is 15.0 Å². The van der Waals surface area contributed by atoms with E-state index >= 15 is 0 Å². The standard InChI is InChI=1S/C19H19N5OS/c1-19(2)7-14-13(9-21-17(23-14)12-3-5-20-6-4-12)15(8-19)24-18(25)16-10-26-11-22-16/h3-6,9-11,15H,7-8H2,1-2H3,(H,24,25)/t15-/m0/s1. The number of thiazole rings is 1. The molecule has 26 heavy (non-hydrogen) atoms. The van der Waals surface area contributed by atoms with Crippen LogP contribution in [0.25, 0.3) is 11.4 Å². The highest BCUT2D eigenvalue weighted by Crippen LogP contribution is 2.40. The van der Waals surface area contributed by atoms with Gasteiger partial charge in [0.25, 0.3) is 5.91 Å². The van der Waals surface area contributed by atoms with Crippen LogP contribution in [-0.4, -0.2) is 25.8 Å². The van der Waals surface area contributed by atoms with E-state index in [0.29, 0.717) is 11.5 Å². The maximum atomic E-state index is 12.5. The van der Waals surface area contributed by atoms with Crippen LogP contribution in [0.2, 0.25) is 0 Å². The van der Waals surface area contributed by atoms with Crippen molar-refractivity contribution in [2.24, 2.45) is 5.41 Å². The van der Waals surface area contributed by atoms with Gasteiger partial charge in [-0.2, -0.15) is 0 Å². The van der Waals surface area contributed by atoms with Crippen molar-refractivity contribution in [2.75, 3.05) is 0 Å². The second-order valence-electron chi connectivity index (χ2n) is 7.28. The van der Waals surface area contributed by atoms with Gasteiger partial charge in [0.1, 0.15) is 5.69 Å². The second kappa shape index (κ2) is 6.57. The maximum absolute atomic E-state index is 12.5. The van der Waals surface area contributed by atoms with E-state index in [1.807, 2.05) is 18.3 Å². The molecule has 7 heteroatoms. The molecule has 1 N–H and O–H groups in total. The van der Waals surface area contributed by atoms with Crippen molar-refractivity contribution >= 4 is 17.2 Å². The number of hydrogen-bond donors (Lipinski definition) is 1. The normalized spacial score (nSPS) is 18.2. The topological polar surface area (TPSA) is 80.7 Å². The molecule has 0 aliphatic heterocycles. The van der Waals surface area contributed by atoms with Crippen molar-refractivity contribution < 1.29 is 4.79 Å². The first-order valence-corrected chi connectivity index (χ1v) is 9.41. The Morgan fingerprint density at radius 2 is 2.08 bits per heavy atom. The summed E-state index contributed by atoms with van der Waals surface area (Å²) in [5.41, 5.74) is 5.08. The Kier molecular flexibility index (Phi) is 4.24.